The summed E-state index contributed by atoms with van der Waals surface area (Å²) in [5, 5.41) is 1.24. The van der Waals surface area contributed by atoms with E-state index in [2.05, 4.69) is 4.98 Å². The van der Waals surface area contributed by atoms with Gasteiger partial charge in [0.1, 0.15) is 5.41 Å². The standard InChI is InChI=1S/C13H17NO2S/c1-8-10(13(6-7-13)12(15)16-2)17-11(14-8)9-4-3-5-9/h9H,3-7H2,1-2H3. The molecule has 0 bridgehead atoms. The van der Waals surface area contributed by atoms with Crippen molar-refractivity contribution in [2.75, 3.05) is 7.11 Å². The van der Waals surface area contributed by atoms with Crippen LogP contribution in [0.4, 0.5) is 0 Å². The Balaban J connectivity index is 1.92. The van der Waals surface area contributed by atoms with Crippen LogP contribution in [0.1, 0.15) is 53.6 Å². The van der Waals surface area contributed by atoms with E-state index in [4.69, 9.17) is 4.74 Å². The van der Waals surface area contributed by atoms with Crippen molar-refractivity contribution in [3.05, 3.63) is 15.6 Å². The normalized spacial score (nSPS) is 22.0. The fraction of sp³-hybridized carbons (Fsp3) is 0.692. The molecule has 2 fully saturated rings. The number of esters is 1. The summed E-state index contributed by atoms with van der Waals surface area (Å²) in [5.74, 6) is 0.574. The van der Waals surface area contributed by atoms with Crippen molar-refractivity contribution in [1.29, 1.82) is 0 Å². The maximum atomic E-state index is 11.9. The zero-order valence-electron chi connectivity index (χ0n) is 10.3. The molecule has 1 heterocycles. The molecular formula is C13H17NO2S. The molecule has 92 valence electrons. The first-order valence-electron chi connectivity index (χ1n) is 6.23. The minimum atomic E-state index is -0.335. The Bertz CT molecular complexity index is 458. The van der Waals surface area contributed by atoms with E-state index in [-0.39, 0.29) is 11.4 Å². The summed E-state index contributed by atoms with van der Waals surface area (Å²) < 4.78 is 4.94. The fourth-order valence-corrected chi connectivity index (χ4v) is 4.01. The van der Waals surface area contributed by atoms with Crippen LogP contribution in [0.5, 0.6) is 0 Å². The molecule has 0 radical (unpaired) electrons. The van der Waals surface area contributed by atoms with Crippen LogP contribution < -0.4 is 0 Å². The van der Waals surface area contributed by atoms with E-state index in [0.29, 0.717) is 5.92 Å². The molecule has 3 nitrogen and oxygen atoms in total. The lowest BCUT2D eigenvalue weighted by molar-refractivity contribution is -0.143. The summed E-state index contributed by atoms with van der Waals surface area (Å²) in [6.45, 7) is 2.02. The highest BCUT2D eigenvalue weighted by Gasteiger charge is 2.55. The van der Waals surface area contributed by atoms with Gasteiger partial charge in [-0.1, -0.05) is 6.42 Å². The lowest BCUT2D eigenvalue weighted by atomic mass is 9.86. The number of ether oxygens (including phenoxy) is 1. The number of thiazole rings is 1. The maximum absolute atomic E-state index is 11.9. The van der Waals surface area contributed by atoms with Crippen LogP contribution in [0.15, 0.2) is 0 Å². The monoisotopic (exact) mass is 251 g/mol. The number of nitrogens with zero attached hydrogens (tertiary/aromatic N) is 1. The number of carbonyl (C=O) groups is 1. The zero-order chi connectivity index (χ0) is 12.0. The van der Waals surface area contributed by atoms with E-state index >= 15 is 0 Å². The van der Waals surface area contributed by atoms with Crippen LogP contribution in [-0.2, 0) is 14.9 Å². The molecule has 0 amide bonds. The SMILES string of the molecule is COC(=O)C1(c2sc(C3CCC3)nc2C)CC1. The molecule has 1 aromatic rings. The second kappa shape index (κ2) is 3.80. The smallest absolute Gasteiger partial charge is 0.317 e. The molecule has 0 aliphatic heterocycles. The fourth-order valence-electron chi connectivity index (χ4n) is 2.54. The average Bonchev–Trinajstić information content (AvgIpc) is 2.96. The molecule has 0 saturated heterocycles. The van der Waals surface area contributed by atoms with Gasteiger partial charge in [0.2, 0.25) is 0 Å². The van der Waals surface area contributed by atoms with Crippen LogP contribution in [0, 0.1) is 6.92 Å². The van der Waals surface area contributed by atoms with Crippen molar-refractivity contribution in [2.45, 2.75) is 50.4 Å². The summed E-state index contributed by atoms with van der Waals surface area (Å²) in [6, 6.07) is 0. The topological polar surface area (TPSA) is 39.2 Å². The Kier molecular flexibility index (Phi) is 2.51. The number of hydrogen-bond donors (Lipinski definition) is 0. The third kappa shape index (κ3) is 1.61. The van der Waals surface area contributed by atoms with Gasteiger partial charge < -0.3 is 4.74 Å². The Hall–Kier alpha value is -0.900. The maximum Gasteiger partial charge on any atom is 0.317 e. The third-order valence-corrected chi connectivity index (χ3v) is 5.55. The predicted octanol–water partition coefficient (Wildman–Crippen LogP) is 2.92. The summed E-state index contributed by atoms with van der Waals surface area (Å²) in [5.41, 5.74) is 0.707. The van der Waals surface area contributed by atoms with Gasteiger partial charge in [0.05, 0.1) is 17.8 Å². The van der Waals surface area contributed by atoms with Gasteiger partial charge in [0, 0.05) is 10.8 Å². The number of aromatic nitrogens is 1. The largest absolute Gasteiger partial charge is 0.468 e. The number of methoxy groups -OCH3 is 1. The average molecular weight is 251 g/mol. The van der Waals surface area contributed by atoms with E-state index < -0.39 is 0 Å². The highest BCUT2D eigenvalue weighted by molar-refractivity contribution is 7.12. The summed E-state index contributed by atoms with van der Waals surface area (Å²) in [4.78, 5) is 17.7. The molecule has 0 spiro atoms. The van der Waals surface area contributed by atoms with Crippen LogP contribution in [-0.4, -0.2) is 18.1 Å². The lowest BCUT2D eigenvalue weighted by Crippen LogP contribution is -2.21. The van der Waals surface area contributed by atoms with Crippen LogP contribution in [0.2, 0.25) is 0 Å². The van der Waals surface area contributed by atoms with E-state index in [1.54, 1.807) is 11.3 Å². The Morgan fingerprint density at radius 1 is 1.47 bits per heavy atom. The van der Waals surface area contributed by atoms with Gasteiger partial charge in [-0.3, -0.25) is 4.79 Å². The third-order valence-electron chi connectivity index (χ3n) is 4.03. The van der Waals surface area contributed by atoms with Gasteiger partial charge in [0.15, 0.2) is 0 Å². The summed E-state index contributed by atoms with van der Waals surface area (Å²) in [7, 11) is 1.48. The number of rotatable bonds is 3. The van der Waals surface area contributed by atoms with Gasteiger partial charge >= 0.3 is 5.97 Å². The quantitative estimate of drug-likeness (QED) is 0.775. The second-order valence-corrected chi connectivity index (χ2v) is 6.20. The highest BCUT2D eigenvalue weighted by atomic mass is 32.1. The van der Waals surface area contributed by atoms with Crippen LogP contribution in [0.25, 0.3) is 0 Å². The molecule has 2 saturated carbocycles. The highest BCUT2D eigenvalue weighted by Crippen LogP contribution is 2.53. The first-order valence-corrected chi connectivity index (χ1v) is 7.05. The predicted molar refractivity (Wildman–Crippen MR) is 66.4 cm³/mol. The van der Waals surface area contributed by atoms with E-state index in [1.165, 1.54) is 31.4 Å². The van der Waals surface area contributed by atoms with Gasteiger partial charge in [0.25, 0.3) is 0 Å². The molecule has 3 rings (SSSR count). The van der Waals surface area contributed by atoms with Gasteiger partial charge in [-0.25, -0.2) is 4.98 Å². The van der Waals surface area contributed by atoms with Gasteiger partial charge in [-0.15, -0.1) is 11.3 Å². The minimum absolute atomic E-state index is 0.0793. The number of aryl methyl sites for hydroxylation is 1. The molecule has 17 heavy (non-hydrogen) atoms. The number of hydrogen-bond acceptors (Lipinski definition) is 4. The molecular weight excluding hydrogens is 234 g/mol. The Morgan fingerprint density at radius 2 is 2.18 bits per heavy atom. The van der Waals surface area contributed by atoms with E-state index in [1.807, 2.05) is 6.92 Å². The van der Waals surface area contributed by atoms with Crippen molar-refractivity contribution < 1.29 is 9.53 Å². The van der Waals surface area contributed by atoms with Crippen LogP contribution >= 0.6 is 11.3 Å². The van der Waals surface area contributed by atoms with Crippen molar-refractivity contribution in [3.63, 3.8) is 0 Å². The molecule has 0 aromatic carbocycles. The molecule has 0 atom stereocenters. The first kappa shape index (κ1) is 11.2. The first-order chi connectivity index (χ1) is 8.17. The Labute approximate surface area is 105 Å². The molecule has 1 aromatic heterocycles. The van der Waals surface area contributed by atoms with Crippen molar-refractivity contribution in [3.8, 4) is 0 Å². The van der Waals surface area contributed by atoms with Crippen molar-refractivity contribution in [1.82, 2.24) is 4.98 Å². The summed E-state index contributed by atoms with van der Waals surface area (Å²) >= 11 is 1.74. The zero-order valence-corrected chi connectivity index (χ0v) is 11.1. The molecule has 2 aliphatic carbocycles. The molecule has 2 aliphatic rings. The molecule has 0 unspecified atom stereocenters. The van der Waals surface area contributed by atoms with E-state index in [9.17, 15) is 4.79 Å². The van der Waals surface area contributed by atoms with Crippen molar-refractivity contribution >= 4 is 17.3 Å². The van der Waals surface area contributed by atoms with Gasteiger partial charge in [-0.05, 0) is 32.6 Å². The Morgan fingerprint density at radius 3 is 2.65 bits per heavy atom. The molecule has 0 N–H and O–H groups in total. The lowest BCUT2D eigenvalue weighted by Gasteiger charge is -2.22. The van der Waals surface area contributed by atoms with Gasteiger partial charge in [-0.2, -0.15) is 0 Å². The minimum Gasteiger partial charge on any atom is -0.468 e. The summed E-state index contributed by atoms with van der Waals surface area (Å²) in [6.07, 6.45) is 5.69. The second-order valence-electron chi connectivity index (χ2n) is 5.17. The molecule has 4 heteroatoms. The van der Waals surface area contributed by atoms with Crippen molar-refractivity contribution in [2.24, 2.45) is 0 Å². The van der Waals surface area contributed by atoms with Crippen LogP contribution in [0.3, 0.4) is 0 Å². The van der Waals surface area contributed by atoms with E-state index in [0.717, 1.165) is 23.4 Å². The number of carbonyl (C=O) groups excluding carboxylic acids is 1.